The van der Waals surface area contributed by atoms with E-state index in [2.05, 4.69) is 20.0 Å². The normalized spacial score (nSPS) is 20.9. The number of aromatic nitrogens is 2. The molecule has 1 aromatic rings. The summed E-state index contributed by atoms with van der Waals surface area (Å²) in [7, 11) is -3.43. The van der Waals surface area contributed by atoms with E-state index >= 15 is 0 Å². The third-order valence-corrected chi connectivity index (χ3v) is 4.29. The number of nitrogens with zero attached hydrogens (tertiary/aromatic N) is 1. The van der Waals surface area contributed by atoms with Crippen molar-refractivity contribution < 1.29 is 8.42 Å². The molecule has 2 heterocycles. The van der Waals surface area contributed by atoms with Gasteiger partial charge in [-0.25, -0.2) is 18.1 Å². The second kappa shape index (κ2) is 5.16. The van der Waals surface area contributed by atoms with Crippen LogP contribution in [-0.4, -0.2) is 37.5 Å². The lowest BCUT2D eigenvalue weighted by molar-refractivity contribution is 0.538. The van der Waals surface area contributed by atoms with Gasteiger partial charge in [-0.2, -0.15) is 0 Å². The Morgan fingerprint density at radius 1 is 1.59 bits per heavy atom. The molecule has 1 aromatic heterocycles. The quantitative estimate of drug-likeness (QED) is 0.701. The van der Waals surface area contributed by atoms with Gasteiger partial charge in [0.1, 0.15) is 5.82 Å². The smallest absolute Gasteiger partial charge is 0.257 e. The first-order chi connectivity index (χ1) is 8.08. The fraction of sp³-hybridized carbons (Fsp3) is 0.700. The van der Waals surface area contributed by atoms with E-state index in [9.17, 15) is 8.42 Å². The number of nitrogens with one attached hydrogen (secondary N) is 3. The minimum atomic E-state index is -3.43. The van der Waals surface area contributed by atoms with Gasteiger partial charge in [-0.3, -0.25) is 0 Å². The fourth-order valence-electron chi connectivity index (χ4n) is 1.98. The minimum absolute atomic E-state index is 0.134. The second-order valence-corrected chi connectivity index (χ2v) is 6.05. The van der Waals surface area contributed by atoms with Crippen molar-refractivity contribution in [3.63, 3.8) is 0 Å². The molecule has 0 radical (unpaired) electrons. The third kappa shape index (κ3) is 3.27. The number of H-pyrrole nitrogens is 1. The van der Waals surface area contributed by atoms with E-state index in [-0.39, 0.29) is 5.03 Å². The SMILES string of the molecule is Cc1ncc(S(=O)(=O)NCC[C@H]2CCCN2)[nH]1. The Bertz CT molecular complexity index is 462. The molecule has 6 nitrogen and oxygen atoms in total. The maximum absolute atomic E-state index is 11.8. The summed E-state index contributed by atoms with van der Waals surface area (Å²) >= 11 is 0. The maximum atomic E-state index is 11.8. The van der Waals surface area contributed by atoms with Crippen molar-refractivity contribution in [2.75, 3.05) is 13.1 Å². The molecule has 1 fully saturated rings. The van der Waals surface area contributed by atoms with Crippen LogP contribution in [0.5, 0.6) is 0 Å². The van der Waals surface area contributed by atoms with Crippen LogP contribution in [0, 0.1) is 6.92 Å². The molecular formula is C10H18N4O2S. The van der Waals surface area contributed by atoms with Gasteiger partial charge in [0.05, 0.1) is 6.20 Å². The molecule has 1 saturated heterocycles. The second-order valence-electron chi connectivity index (χ2n) is 4.31. The highest BCUT2D eigenvalue weighted by Crippen LogP contribution is 2.09. The Hall–Kier alpha value is -0.920. The lowest BCUT2D eigenvalue weighted by Gasteiger charge is -2.10. The van der Waals surface area contributed by atoms with Crippen molar-refractivity contribution >= 4 is 10.0 Å². The van der Waals surface area contributed by atoms with Crippen LogP contribution < -0.4 is 10.0 Å². The third-order valence-electron chi connectivity index (χ3n) is 2.92. The van der Waals surface area contributed by atoms with Gasteiger partial charge >= 0.3 is 0 Å². The number of aryl methyl sites for hydroxylation is 1. The molecule has 1 aliphatic rings. The molecule has 17 heavy (non-hydrogen) atoms. The Labute approximate surface area is 101 Å². The molecule has 1 atom stereocenters. The highest BCUT2D eigenvalue weighted by atomic mass is 32.2. The van der Waals surface area contributed by atoms with Gasteiger partial charge in [-0.1, -0.05) is 0 Å². The summed E-state index contributed by atoms with van der Waals surface area (Å²) in [5.41, 5.74) is 0. The number of aromatic amines is 1. The number of sulfonamides is 1. The zero-order valence-corrected chi connectivity index (χ0v) is 10.7. The van der Waals surface area contributed by atoms with Crippen LogP contribution in [0.15, 0.2) is 11.2 Å². The molecule has 2 rings (SSSR count). The van der Waals surface area contributed by atoms with E-state index in [1.165, 1.54) is 12.6 Å². The Morgan fingerprint density at radius 2 is 2.41 bits per heavy atom. The Morgan fingerprint density at radius 3 is 3.00 bits per heavy atom. The van der Waals surface area contributed by atoms with Crippen LogP contribution in [0.1, 0.15) is 25.1 Å². The molecule has 0 unspecified atom stereocenters. The van der Waals surface area contributed by atoms with Gasteiger partial charge in [-0.15, -0.1) is 0 Å². The molecule has 0 saturated carbocycles. The monoisotopic (exact) mass is 258 g/mol. The number of imidazole rings is 1. The van der Waals surface area contributed by atoms with E-state index in [1.54, 1.807) is 6.92 Å². The predicted molar refractivity (Wildman–Crippen MR) is 64.2 cm³/mol. The molecule has 0 spiro atoms. The van der Waals surface area contributed by atoms with Crippen molar-refractivity contribution in [1.82, 2.24) is 20.0 Å². The van der Waals surface area contributed by atoms with E-state index in [0.717, 1.165) is 19.4 Å². The summed E-state index contributed by atoms with van der Waals surface area (Å²) < 4.78 is 26.2. The van der Waals surface area contributed by atoms with E-state index in [0.29, 0.717) is 18.4 Å². The predicted octanol–water partition coefficient (Wildman–Crippen LogP) is 0.139. The largest absolute Gasteiger partial charge is 0.332 e. The lowest BCUT2D eigenvalue weighted by atomic mass is 10.2. The van der Waals surface area contributed by atoms with Gasteiger partial charge in [0, 0.05) is 12.6 Å². The number of hydrogen-bond donors (Lipinski definition) is 3. The highest BCUT2D eigenvalue weighted by molar-refractivity contribution is 7.89. The van der Waals surface area contributed by atoms with Gasteiger partial charge in [-0.05, 0) is 32.7 Å². The molecule has 0 amide bonds. The molecule has 7 heteroatoms. The van der Waals surface area contributed by atoms with Crippen LogP contribution in [0.25, 0.3) is 0 Å². The average Bonchev–Trinajstić information content (AvgIpc) is 2.89. The van der Waals surface area contributed by atoms with Crippen LogP contribution >= 0.6 is 0 Å². The van der Waals surface area contributed by atoms with Crippen molar-refractivity contribution in [3.8, 4) is 0 Å². The molecular weight excluding hydrogens is 240 g/mol. The zero-order valence-electron chi connectivity index (χ0n) is 9.86. The molecule has 0 aliphatic carbocycles. The molecule has 96 valence electrons. The summed E-state index contributed by atoms with van der Waals surface area (Å²) in [6.07, 6.45) is 4.47. The van der Waals surface area contributed by atoms with Crippen LogP contribution in [-0.2, 0) is 10.0 Å². The highest BCUT2D eigenvalue weighted by Gasteiger charge is 2.18. The summed E-state index contributed by atoms with van der Waals surface area (Å²) in [5.74, 6) is 0.600. The lowest BCUT2D eigenvalue weighted by Crippen LogP contribution is -2.30. The molecule has 1 aliphatic heterocycles. The van der Waals surface area contributed by atoms with Crippen LogP contribution in [0.2, 0.25) is 0 Å². The van der Waals surface area contributed by atoms with Gasteiger partial charge < -0.3 is 10.3 Å². The van der Waals surface area contributed by atoms with Crippen molar-refractivity contribution in [2.24, 2.45) is 0 Å². The van der Waals surface area contributed by atoms with Crippen molar-refractivity contribution in [2.45, 2.75) is 37.3 Å². The first-order valence-corrected chi connectivity index (χ1v) is 7.31. The van der Waals surface area contributed by atoms with Gasteiger partial charge in [0.15, 0.2) is 5.03 Å². The molecule has 0 aromatic carbocycles. The summed E-state index contributed by atoms with van der Waals surface area (Å²) in [5, 5.41) is 3.47. The number of hydrogen-bond acceptors (Lipinski definition) is 4. The Kier molecular flexibility index (Phi) is 3.80. The minimum Gasteiger partial charge on any atom is -0.332 e. The zero-order chi connectivity index (χ0) is 12.3. The standard InChI is InChI=1S/C10H18N4O2S/c1-8-12-7-10(14-8)17(15,16)13-6-4-9-3-2-5-11-9/h7,9,11,13H,2-6H2,1H3,(H,12,14)/t9-/m1/s1. The summed E-state index contributed by atoms with van der Waals surface area (Å²) in [6, 6.07) is 0.446. The summed E-state index contributed by atoms with van der Waals surface area (Å²) in [6.45, 7) is 3.22. The number of rotatable bonds is 5. The van der Waals surface area contributed by atoms with E-state index < -0.39 is 10.0 Å². The topological polar surface area (TPSA) is 86.9 Å². The van der Waals surface area contributed by atoms with Gasteiger partial charge in [0.2, 0.25) is 0 Å². The van der Waals surface area contributed by atoms with E-state index in [1.807, 2.05) is 0 Å². The van der Waals surface area contributed by atoms with E-state index in [4.69, 9.17) is 0 Å². The first kappa shape index (κ1) is 12.5. The summed E-state index contributed by atoms with van der Waals surface area (Å²) in [4.78, 5) is 6.60. The fourth-order valence-corrected chi connectivity index (χ4v) is 3.00. The van der Waals surface area contributed by atoms with Crippen molar-refractivity contribution in [1.29, 1.82) is 0 Å². The molecule has 3 N–H and O–H groups in total. The van der Waals surface area contributed by atoms with Crippen LogP contribution in [0.3, 0.4) is 0 Å². The first-order valence-electron chi connectivity index (χ1n) is 5.82. The van der Waals surface area contributed by atoms with Crippen LogP contribution in [0.4, 0.5) is 0 Å². The maximum Gasteiger partial charge on any atom is 0.257 e. The molecule has 0 bridgehead atoms. The Balaban J connectivity index is 1.85. The van der Waals surface area contributed by atoms with Crippen molar-refractivity contribution in [3.05, 3.63) is 12.0 Å². The average molecular weight is 258 g/mol. The van der Waals surface area contributed by atoms with Gasteiger partial charge in [0.25, 0.3) is 10.0 Å².